The number of anilines is 1. The van der Waals surface area contributed by atoms with E-state index >= 15 is 0 Å². The summed E-state index contributed by atoms with van der Waals surface area (Å²) >= 11 is 0. The number of aryl methyl sites for hydroxylation is 1. The molecule has 0 aliphatic heterocycles. The molecule has 0 saturated heterocycles. The number of hydrogen-bond acceptors (Lipinski definition) is 3. The van der Waals surface area contributed by atoms with E-state index in [4.69, 9.17) is 9.47 Å². The molecular formula is C20H33NO3. The third-order valence-corrected chi connectivity index (χ3v) is 3.91. The number of hydrogen-bond donors (Lipinski definition) is 1. The van der Waals surface area contributed by atoms with Crippen LogP contribution in [0.15, 0.2) is 18.2 Å². The average molecular weight is 335 g/mol. The molecule has 0 spiro atoms. The van der Waals surface area contributed by atoms with Gasteiger partial charge in [-0.2, -0.15) is 0 Å². The summed E-state index contributed by atoms with van der Waals surface area (Å²) in [4.78, 5) is 12.8. The van der Waals surface area contributed by atoms with Crippen molar-refractivity contribution in [3.8, 4) is 5.75 Å². The van der Waals surface area contributed by atoms with Gasteiger partial charge in [-0.05, 0) is 64.3 Å². The Hall–Kier alpha value is -1.55. The smallest absolute Gasteiger partial charge is 0.256 e. The van der Waals surface area contributed by atoms with Gasteiger partial charge in [0, 0.05) is 12.3 Å². The molecule has 1 amide bonds. The Morgan fingerprint density at radius 2 is 1.96 bits per heavy atom. The molecule has 1 atom stereocenters. The fraction of sp³-hybridized carbons (Fsp3) is 0.650. The van der Waals surface area contributed by atoms with E-state index in [1.165, 1.54) is 0 Å². The van der Waals surface area contributed by atoms with Gasteiger partial charge < -0.3 is 14.8 Å². The molecule has 4 heteroatoms. The third kappa shape index (κ3) is 6.16. The molecule has 1 N–H and O–H groups in total. The van der Waals surface area contributed by atoms with Crippen LogP contribution in [0.1, 0.15) is 65.9 Å². The monoisotopic (exact) mass is 335 g/mol. The molecule has 0 fully saturated rings. The second-order valence-electron chi connectivity index (χ2n) is 6.78. The topological polar surface area (TPSA) is 47.6 Å². The first-order valence-corrected chi connectivity index (χ1v) is 9.05. The van der Waals surface area contributed by atoms with Gasteiger partial charge in [0.2, 0.25) is 0 Å². The van der Waals surface area contributed by atoms with E-state index in [1.807, 2.05) is 45.9 Å². The predicted octanol–water partition coefficient (Wildman–Crippen LogP) is 5.10. The van der Waals surface area contributed by atoms with Crippen LogP contribution in [-0.4, -0.2) is 24.2 Å². The number of benzene rings is 1. The Morgan fingerprint density at radius 1 is 1.25 bits per heavy atom. The maximum atomic E-state index is 12.8. The van der Waals surface area contributed by atoms with Crippen LogP contribution in [0.4, 0.5) is 5.69 Å². The number of rotatable bonds is 10. The van der Waals surface area contributed by atoms with Crippen molar-refractivity contribution in [2.75, 3.05) is 11.9 Å². The fourth-order valence-corrected chi connectivity index (χ4v) is 2.47. The molecule has 0 saturated carbocycles. The first-order chi connectivity index (χ1) is 11.3. The molecule has 0 aromatic heterocycles. The molecule has 0 aliphatic carbocycles. The number of nitrogens with one attached hydrogen (secondary N) is 1. The molecular weight excluding hydrogens is 302 g/mol. The normalized spacial score (nSPS) is 13.6. The van der Waals surface area contributed by atoms with Crippen molar-refractivity contribution in [2.45, 2.75) is 78.9 Å². The summed E-state index contributed by atoms with van der Waals surface area (Å²) in [5.41, 5.74) is 0.996. The fourth-order valence-electron chi connectivity index (χ4n) is 2.47. The quantitative estimate of drug-likeness (QED) is 0.647. The summed E-state index contributed by atoms with van der Waals surface area (Å²) < 4.78 is 11.6. The van der Waals surface area contributed by atoms with E-state index in [2.05, 4.69) is 19.2 Å². The molecule has 1 rings (SSSR count). The van der Waals surface area contributed by atoms with Crippen molar-refractivity contribution in [2.24, 2.45) is 0 Å². The molecule has 24 heavy (non-hydrogen) atoms. The van der Waals surface area contributed by atoms with Crippen LogP contribution < -0.4 is 10.1 Å². The zero-order chi connectivity index (χ0) is 18.2. The van der Waals surface area contributed by atoms with Gasteiger partial charge in [0.05, 0.1) is 6.10 Å². The highest BCUT2D eigenvalue weighted by atomic mass is 16.5. The number of unbranched alkanes of at least 4 members (excludes halogenated alkanes) is 1. The Balaban J connectivity index is 2.84. The molecule has 0 unspecified atom stereocenters. The van der Waals surface area contributed by atoms with E-state index in [0.717, 1.165) is 42.7 Å². The second kappa shape index (κ2) is 9.67. The summed E-state index contributed by atoms with van der Waals surface area (Å²) in [5, 5.41) is 3.00. The van der Waals surface area contributed by atoms with Gasteiger partial charge in [-0.25, -0.2) is 0 Å². The molecule has 1 aromatic carbocycles. The summed E-state index contributed by atoms with van der Waals surface area (Å²) in [6.07, 6.45) is 3.76. The third-order valence-electron chi connectivity index (χ3n) is 3.91. The van der Waals surface area contributed by atoms with Crippen molar-refractivity contribution in [1.82, 2.24) is 0 Å². The van der Waals surface area contributed by atoms with Gasteiger partial charge in [0.1, 0.15) is 11.4 Å². The summed E-state index contributed by atoms with van der Waals surface area (Å²) in [7, 11) is 0. The second-order valence-corrected chi connectivity index (χ2v) is 6.78. The van der Waals surface area contributed by atoms with E-state index in [-0.39, 0.29) is 12.0 Å². The average Bonchev–Trinajstić information content (AvgIpc) is 2.53. The van der Waals surface area contributed by atoms with Crippen LogP contribution in [0.25, 0.3) is 0 Å². The minimum atomic E-state index is -0.785. The number of carbonyl (C=O) groups is 1. The molecule has 0 heterocycles. The van der Waals surface area contributed by atoms with E-state index in [0.29, 0.717) is 6.61 Å². The van der Waals surface area contributed by atoms with Crippen LogP contribution in [0.3, 0.4) is 0 Å². The first kappa shape index (κ1) is 20.5. The van der Waals surface area contributed by atoms with Crippen LogP contribution in [0, 0.1) is 6.92 Å². The SMILES string of the molecule is CCCC[C@](C)(OCCC)C(=O)Nc1ccc(OC(C)C)c(C)c1. The lowest BCUT2D eigenvalue weighted by Gasteiger charge is -2.28. The summed E-state index contributed by atoms with van der Waals surface area (Å²) in [5.74, 6) is 0.764. The molecule has 1 aromatic rings. The summed E-state index contributed by atoms with van der Waals surface area (Å²) in [6.45, 7) is 12.6. The molecule has 0 aliphatic rings. The maximum absolute atomic E-state index is 12.8. The highest BCUT2D eigenvalue weighted by Gasteiger charge is 2.33. The van der Waals surface area contributed by atoms with Gasteiger partial charge >= 0.3 is 0 Å². The molecule has 0 radical (unpaired) electrons. The molecule has 4 nitrogen and oxygen atoms in total. The van der Waals surface area contributed by atoms with Gasteiger partial charge in [0.15, 0.2) is 0 Å². The Bertz CT molecular complexity index is 518. The lowest BCUT2D eigenvalue weighted by molar-refractivity contribution is -0.140. The van der Waals surface area contributed by atoms with E-state index < -0.39 is 5.60 Å². The minimum Gasteiger partial charge on any atom is -0.491 e. The maximum Gasteiger partial charge on any atom is 0.256 e. The highest BCUT2D eigenvalue weighted by molar-refractivity contribution is 5.97. The van der Waals surface area contributed by atoms with E-state index in [9.17, 15) is 4.79 Å². The van der Waals surface area contributed by atoms with Crippen LogP contribution in [-0.2, 0) is 9.53 Å². The summed E-state index contributed by atoms with van der Waals surface area (Å²) in [6, 6.07) is 5.72. The zero-order valence-corrected chi connectivity index (χ0v) is 16.1. The Morgan fingerprint density at radius 3 is 2.50 bits per heavy atom. The van der Waals surface area contributed by atoms with Crippen molar-refractivity contribution in [3.63, 3.8) is 0 Å². The van der Waals surface area contributed by atoms with Crippen molar-refractivity contribution in [3.05, 3.63) is 23.8 Å². The number of amides is 1. The van der Waals surface area contributed by atoms with Crippen LogP contribution >= 0.6 is 0 Å². The standard InChI is InChI=1S/C20H33NO3/c1-7-9-12-20(6,23-13-8-2)19(22)21-17-10-11-18(16(5)14-17)24-15(3)4/h10-11,14-15H,7-9,12-13H2,1-6H3,(H,21,22)/t20-/m0/s1. The van der Waals surface area contributed by atoms with E-state index in [1.54, 1.807) is 0 Å². The Kier molecular flexibility index (Phi) is 8.26. The Labute approximate surface area is 146 Å². The van der Waals surface area contributed by atoms with Crippen LogP contribution in [0.5, 0.6) is 5.75 Å². The lowest BCUT2D eigenvalue weighted by Crippen LogP contribution is -2.43. The van der Waals surface area contributed by atoms with Crippen LogP contribution in [0.2, 0.25) is 0 Å². The van der Waals surface area contributed by atoms with Gasteiger partial charge in [0.25, 0.3) is 5.91 Å². The van der Waals surface area contributed by atoms with Crippen molar-refractivity contribution in [1.29, 1.82) is 0 Å². The molecule has 136 valence electrons. The van der Waals surface area contributed by atoms with Gasteiger partial charge in [-0.1, -0.05) is 26.7 Å². The molecule has 0 bridgehead atoms. The largest absolute Gasteiger partial charge is 0.491 e. The van der Waals surface area contributed by atoms with Gasteiger partial charge in [-0.15, -0.1) is 0 Å². The first-order valence-electron chi connectivity index (χ1n) is 9.05. The van der Waals surface area contributed by atoms with Crippen molar-refractivity contribution >= 4 is 11.6 Å². The lowest BCUT2D eigenvalue weighted by atomic mass is 9.97. The highest BCUT2D eigenvalue weighted by Crippen LogP contribution is 2.26. The predicted molar refractivity (Wildman–Crippen MR) is 99.7 cm³/mol. The zero-order valence-electron chi connectivity index (χ0n) is 16.1. The van der Waals surface area contributed by atoms with Crippen molar-refractivity contribution < 1.29 is 14.3 Å². The number of carbonyl (C=O) groups excluding carboxylic acids is 1. The van der Waals surface area contributed by atoms with Gasteiger partial charge in [-0.3, -0.25) is 4.79 Å². The minimum absolute atomic E-state index is 0.0821. The number of ether oxygens (including phenoxy) is 2.